The van der Waals surface area contributed by atoms with E-state index in [1.54, 1.807) is 12.4 Å². The number of anilines is 2. The monoisotopic (exact) mass is 327 g/mol. The molecule has 0 saturated carbocycles. The van der Waals surface area contributed by atoms with E-state index in [1.807, 2.05) is 12.1 Å². The van der Waals surface area contributed by atoms with Crippen LogP contribution in [0.4, 0.5) is 11.4 Å². The maximum Gasteiger partial charge on any atom is 0.112 e. The topological polar surface area (TPSA) is 37.8 Å². The minimum atomic E-state index is 0.870. The summed E-state index contributed by atoms with van der Waals surface area (Å²) in [6.45, 7) is 4.23. The number of benzene rings is 1. The Bertz CT molecular complexity index is 784. The first kappa shape index (κ1) is 13.1. The third-order valence-electron chi connectivity index (χ3n) is 3.42. The molecule has 3 nitrogen and oxygen atoms in total. The zero-order valence-electron chi connectivity index (χ0n) is 11.3. The van der Waals surface area contributed by atoms with Crippen molar-refractivity contribution < 1.29 is 0 Å². The molecule has 4 heteroatoms. The van der Waals surface area contributed by atoms with E-state index in [4.69, 9.17) is 0 Å². The summed E-state index contributed by atoms with van der Waals surface area (Å²) in [5.74, 6) is 0. The van der Waals surface area contributed by atoms with Crippen molar-refractivity contribution in [3.63, 3.8) is 0 Å². The van der Waals surface area contributed by atoms with Crippen molar-refractivity contribution in [2.45, 2.75) is 13.8 Å². The smallest absolute Gasteiger partial charge is 0.112 e. The summed E-state index contributed by atoms with van der Waals surface area (Å²) < 4.78 is 0.932. The Morgan fingerprint density at radius 2 is 1.90 bits per heavy atom. The Hall–Kier alpha value is -1.94. The number of pyridine rings is 2. The average molecular weight is 328 g/mol. The van der Waals surface area contributed by atoms with E-state index in [0.717, 1.165) is 26.9 Å². The molecule has 100 valence electrons. The maximum atomic E-state index is 4.46. The van der Waals surface area contributed by atoms with E-state index in [1.165, 1.54) is 11.1 Å². The molecular formula is C16H14BrN3. The summed E-state index contributed by atoms with van der Waals surface area (Å²) in [7, 11) is 0. The van der Waals surface area contributed by atoms with Crippen LogP contribution in [0, 0.1) is 13.8 Å². The lowest BCUT2D eigenvalue weighted by Crippen LogP contribution is -1.97. The number of aryl methyl sites for hydroxylation is 1. The second kappa shape index (κ2) is 5.21. The number of hydrogen-bond acceptors (Lipinski definition) is 3. The normalized spacial score (nSPS) is 10.8. The van der Waals surface area contributed by atoms with Crippen molar-refractivity contribution >= 4 is 38.3 Å². The van der Waals surface area contributed by atoms with E-state index in [0.29, 0.717) is 0 Å². The third kappa shape index (κ3) is 2.39. The van der Waals surface area contributed by atoms with Gasteiger partial charge in [-0.25, -0.2) is 0 Å². The minimum absolute atomic E-state index is 0.870. The van der Waals surface area contributed by atoms with Crippen LogP contribution in [0.5, 0.6) is 0 Å². The van der Waals surface area contributed by atoms with Gasteiger partial charge in [-0.05, 0) is 59.1 Å². The average Bonchev–Trinajstić information content (AvgIpc) is 2.44. The lowest BCUT2D eigenvalue weighted by atomic mass is 10.1. The lowest BCUT2D eigenvalue weighted by molar-refractivity contribution is 1.30. The standard InChI is InChI=1S/C16H14BrN3/c1-10-4-3-5-13(11(10)2)20-14-6-7-18-15-8-12(17)9-19-16(14)15/h3-9H,1-2H3,(H,18,20). The summed E-state index contributed by atoms with van der Waals surface area (Å²) in [5.41, 5.74) is 6.32. The predicted molar refractivity (Wildman–Crippen MR) is 86.4 cm³/mol. The zero-order chi connectivity index (χ0) is 14.1. The minimum Gasteiger partial charge on any atom is -0.353 e. The SMILES string of the molecule is Cc1cccc(Nc2ccnc3cc(Br)cnc23)c1C. The second-order valence-electron chi connectivity index (χ2n) is 4.75. The Labute approximate surface area is 126 Å². The molecule has 1 N–H and O–H groups in total. The van der Waals surface area contributed by atoms with Gasteiger partial charge in [-0.15, -0.1) is 0 Å². The molecule has 3 rings (SSSR count). The first-order valence-electron chi connectivity index (χ1n) is 6.38. The van der Waals surface area contributed by atoms with Gasteiger partial charge in [-0.3, -0.25) is 9.97 Å². The van der Waals surface area contributed by atoms with Gasteiger partial charge in [0, 0.05) is 22.6 Å². The highest BCUT2D eigenvalue weighted by atomic mass is 79.9. The highest BCUT2D eigenvalue weighted by Gasteiger charge is 2.06. The van der Waals surface area contributed by atoms with Gasteiger partial charge in [0.05, 0.1) is 11.2 Å². The van der Waals surface area contributed by atoms with Gasteiger partial charge in [0.2, 0.25) is 0 Å². The second-order valence-corrected chi connectivity index (χ2v) is 5.67. The van der Waals surface area contributed by atoms with Crippen LogP contribution < -0.4 is 5.32 Å². The lowest BCUT2D eigenvalue weighted by Gasteiger charge is -2.12. The van der Waals surface area contributed by atoms with Crippen LogP contribution in [-0.2, 0) is 0 Å². The summed E-state index contributed by atoms with van der Waals surface area (Å²) in [4.78, 5) is 8.81. The Morgan fingerprint density at radius 3 is 2.75 bits per heavy atom. The summed E-state index contributed by atoms with van der Waals surface area (Å²) in [6.07, 6.45) is 3.59. The molecule has 0 aliphatic heterocycles. The van der Waals surface area contributed by atoms with Crippen LogP contribution >= 0.6 is 15.9 Å². The molecule has 2 aromatic heterocycles. The van der Waals surface area contributed by atoms with Crippen LogP contribution in [0.25, 0.3) is 11.0 Å². The van der Waals surface area contributed by atoms with Gasteiger partial charge in [-0.1, -0.05) is 12.1 Å². The van der Waals surface area contributed by atoms with Crippen LogP contribution in [-0.4, -0.2) is 9.97 Å². The van der Waals surface area contributed by atoms with E-state index in [9.17, 15) is 0 Å². The summed E-state index contributed by atoms with van der Waals surface area (Å²) in [5, 5.41) is 3.46. The zero-order valence-corrected chi connectivity index (χ0v) is 12.9. The number of nitrogens with one attached hydrogen (secondary N) is 1. The highest BCUT2D eigenvalue weighted by molar-refractivity contribution is 9.10. The van der Waals surface area contributed by atoms with Gasteiger partial charge >= 0.3 is 0 Å². The molecule has 1 aromatic carbocycles. The Kier molecular flexibility index (Phi) is 3.40. The molecule has 3 aromatic rings. The van der Waals surface area contributed by atoms with E-state index in [-0.39, 0.29) is 0 Å². The van der Waals surface area contributed by atoms with Gasteiger partial charge in [-0.2, -0.15) is 0 Å². The van der Waals surface area contributed by atoms with Gasteiger partial charge in [0.25, 0.3) is 0 Å². The maximum absolute atomic E-state index is 4.46. The summed E-state index contributed by atoms with van der Waals surface area (Å²) in [6, 6.07) is 10.2. The van der Waals surface area contributed by atoms with Crippen molar-refractivity contribution in [3.8, 4) is 0 Å². The Morgan fingerprint density at radius 1 is 1.05 bits per heavy atom. The van der Waals surface area contributed by atoms with Gasteiger partial charge in [0.15, 0.2) is 0 Å². The Balaban J connectivity index is 2.09. The third-order valence-corrected chi connectivity index (χ3v) is 3.85. The molecule has 0 unspecified atom stereocenters. The van der Waals surface area contributed by atoms with Crippen LogP contribution in [0.15, 0.2) is 47.2 Å². The number of rotatable bonds is 2. The fourth-order valence-electron chi connectivity index (χ4n) is 2.14. The quantitative estimate of drug-likeness (QED) is 0.737. The number of aromatic nitrogens is 2. The van der Waals surface area contributed by atoms with Crippen molar-refractivity contribution in [3.05, 3.63) is 58.3 Å². The molecule has 0 atom stereocenters. The van der Waals surface area contributed by atoms with Gasteiger partial charge in [0.1, 0.15) is 5.52 Å². The fourth-order valence-corrected chi connectivity index (χ4v) is 2.46. The molecule has 0 spiro atoms. The first-order chi connectivity index (χ1) is 9.65. The summed E-state index contributed by atoms with van der Waals surface area (Å²) >= 11 is 3.42. The molecular weight excluding hydrogens is 314 g/mol. The molecule has 0 amide bonds. The van der Waals surface area contributed by atoms with E-state index >= 15 is 0 Å². The predicted octanol–water partition coefficient (Wildman–Crippen LogP) is 4.75. The molecule has 0 saturated heterocycles. The van der Waals surface area contributed by atoms with Crippen molar-refractivity contribution in [2.24, 2.45) is 0 Å². The van der Waals surface area contributed by atoms with Crippen LogP contribution in [0.2, 0.25) is 0 Å². The first-order valence-corrected chi connectivity index (χ1v) is 7.18. The van der Waals surface area contributed by atoms with E-state index in [2.05, 4.69) is 63.3 Å². The number of hydrogen-bond donors (Lipinski definition) is 1. The van der Waals surface area contributed by atoms with Gasteiger partial charge < -0.3 is 5.32 Å². The van der Waals surface area contributed by atoms with Crippen LogP contribution in [0.3, 0.4) is 0 Å². The number of fused-ring (bicyclic) bond motifs is 1. The number of halogens is 1. The molecule has 0 aliphatic rings. The molecule has 2 heterocycles. The van der Waals surface area contributed by atoms with Crippen molar-refractivity contribution in [1.29, 1.82) is 0 Å². The van der Waals surface area contributed by atoms with Crippen molar-refractivity contribution in [1.82, 2.24) is 9.97 Å². The molecule has 0 aliphatic carbocycles. The highest BCUT2D eigenvalue weighted by Crippen LogP contribution is 2.27. The molecule has 0 fully saturated rings. The molecule has 0 bridgehead atoms. The van der Waals surface area contributed by atoms with E-state index < -0.39 is 0 Å². The number of nitrogens with zero attached hydrogens (tertiary/aromatic N) is 2. The van der Waals surface area contributed by atoms with Crippen LogP contribution in [0.1, 0.15) is 11.1 Å². The van der Waals surface area contributed by atoms with Crippen molar-refractivity contribution in [2.75, 3.05) is 5.32 Å². The molecule has 20 heavy (non-hydrogen) atoms. The largest absolute Gasteiger partial charge is 0.353 e. The molecule has 0 radical (unpaired) electrons. The fraction of sp³-hybridized carbons (Fsp3) is 0.125.